The number of likely N-dealkylation sites (N-methyl/N-ethyl adjacent to an activating group) is 1. The van der Waals surface area contributed by atoms with E-state index < -0.39 is 10.8 Å². The van der Waals surface area contributed by atoms with Gasteiger partial charge in [0.25, 0.3) is 11.6 Å². The Morgan fingerprint density at radius 3 is 2.72 bits per heavy atom. The van der Waals surface area contributed by atoms with Crippen LogP contribution in [0.25, 0.3) is 5.69 Å². The third-order valence-corrected chi connectivity index (χ3v) is 4.53. The number of carbonyl (C=O) groups excluding carboxylic acids is 1. The number of hydrogen-bond acceptors (Lipinski definition) is 5. The smallest absolute Gasteiger partial charge is 0.294 e. The third kappa shape index (κ3) is 4.64. The lowest BCUT2D eigenvalue weighted by atomic mass is 10.1. The molecule has 0 aliphatic heterocycles. The molecule has 1 amide bonds. The van der Waals surface area contributed by atoms with E-state index in [4.69, 9.17) is 0 Å². The van der Waals surface area contributed by atoms with Gasteiger partial charge in [0.2, 0.25) is 0 Å². The predicted molar refractivity (Wildman–Crippen MR) is 105 cm³/mol. The van der Waals surface area contributed by atoms with E-state index in [1.165, 1.54) is 47.4 Å². The van der Waals surface area contributed by atoms with Crippen molar-refractivity contribution in [1.82, 2.24) is 19.8 Å². The van der Waals surface area contributed by atoms with E-state index in [0.717, 1.165) is 5.56 Å². The summed E-state index contributed by atoms with van der Waals surface area (Å²) in [5, 5.41) is 14.2. The summed E-state index contributed by atoms with van der Waals surface area (Å²) in [5.41, 5.74) is 0.994. The second kappa shape index (κ2) is 8.61. The van der Waals surface area contributed by atoms with Gasteiger partial charge in [0, 0.05) is 30.6 Å². The fourth-order valence-electron chi connectivity index (χ4n) is 3.03. The topological polar surface area (TPSA) is 93.3 Å². The molecule has 29 heavy (non-hydrogen) atoms. The molecule has 8 nitrogen and oxygen atoms in total. The Morgan fingerprint density at radius 1 is 1.31 bits per heavy atom. The van der Waals surface area contributed by atoms with E-state index in [2.05, 4.69) is 10.3 Å². The van der Waals surface area contributed by atoms with Crippen LogP contribution in [0, 0.1) is 15.9 Å². The highest BCUT2D eigenvalue weighted by atomic mass is 19.1. The Kier molecular flexibility index (Phi) is 5.99. The normalized spacial score (nSPS) is 12.0. The molecule has 2 aromatic carbocycles. The molecule has 9 heteroatoms. The molecular weight excluding hydrogens is 377 g/mol. The zero-order valence-corrected chi connectivity index (χ0v) is 15.9. The van der Waals surface area contributed by atoms with Crippen molar-refractivity contribution in [2.24, 2.45) is 0 Å². The van der Waals surface area contributed by atoms with Crippen molar-refractivity contribution >= 4 is 11.6 Å². The standard InChI is InChI=1S/C20H20FN5O3/c1-24(2)19(14-4-3-5-16(21)10-14)12-23-20(27)15-6-7-17(18(11-15)26(28)29)25-9-8-22-13-25/h3-11,13,19H,12H2,1-2H3,(H,23,27). The van der Waals surface area contributed by atoms with E-state index >= 15 is 0 Å². The van der Waals surface area contributed by atoms with Crippen LogP contribution >= 0.6 is 0 Å². The van der Waals surface area contributed by atoms with E-state index in [1.807, 2.05) is 19.0 Å². The predicted octanol–water partition coefficient (Wildman–Crippen LogP) is 2.95. The van der Waals surface area contributed by atoms with Gasteiger partial charge in [-0.1, -0.05) is 12.1 Å². The first-order chi connectivity index (χ1) is 13.9. The second-order valence-corrected chi connectivity index (χ2v) is 6.67. The minimum Gasteiger partial charge on any atom is -0.350 e. The molecule has 0 saturated carbocycles. The number of aromatic nitrogens is 2. The number of nitro benzene ring substituents is 1. The van der Waals surface area contributed by atoms with Gasteiger partial charge in [0.05, 0.1) is 17.3 Å². The number of rotatable bonds is 7. The number of hydrogen-bond donors (Lipinski definition) is 1. The van der Waals surface area contributed by atoms with E-state index in [9.17, 15) is 19.3 Å². The lowest BCUT2D eigenvalue weighted by Gasteiger charge is -2.25. The number of amides is 1. The molecule has 3 rings (SSSR count). The van der Waals surface area contributed by atoms with Crippen LogP contribution in [0.4, 0.5) is 10.1 Å². The molecule has 0 aliphatic rings. The fourth-order valence-corrected chi connectivity index (χ4v) is 3.03. The van der Waals surface area contributed by atoms with Crippen molar-refractivity contribution in [2.45, 2.75) is 6.04 Å². The Hall–Kier alpha value is -3.59. The third-order valence-electron chi connectivity index (χ3n) is 4.53. The quantitative estimate of drug-likeness (QED) is 0.489. The number of benzene rings is 2. The molecule has 0 fully saturated rings. The maximum Gasteiger partial charge on any atom is 0.294 e. The molecule has 1 aromatic heterocycles. The zero-order valence-electron chi connectivity index (χ0n) is 15.9. The maximum absolute atomic E-state index is 13.6. The molecule has 0 bridgehead atoms. The van der Waals surface area contributed by atoms with Crippen LogP contribution in [-0.4, -0.2) is 45.9 Å². The van der Waals surface area contributed by atoms with Crippen LogP contribution < -0.4 is 5.32 Å². The van der Waals surface area contributed by atoms with Crippen LogP contribution in [0.5, 0.6) is 0 Å². The van der Waals surface area contributed by atoms with E-state index in [-0.39, 0.29) is 29.7 Å². The molecule has 0 radical (unpaired) electrons. The van der Waals surface area contributed by atoms with Crippen molar-refractivity contribution < 1.29 is 14.1 Å². The monoisotopic (exact) mass is 397 g/mol. The van der Waals surface area contributed by atoms with Gasteiger partial charge in [-0.2, -0.15) is 0 Å². The highest BCUT2D eigenvalue weighted by molar-refractivity contribution is 5.95. The molecule has 3 aromatic rings. The average molecular weight is 397 g/mol. The summed E-state index contributed by atoms with van der Waals surface area (Å²) < 4.78 is 15.1. The molecule has 1 N–H and O–H groups in total. The van der Waals surface area contributed by atoms with E-state index in [0.29, 0.717) is 5.69 Å². The number of halogens is 1. The summed E-state index contributed by atoms with van der Waals surface area (Å²) in [5.74, 6) is -0.806. The van der Waals surface area contributed by atoms with Crippen molar-refractivity contribution in [3.8, 4) is 5.69 Å². The van der Waals surface area contributed by atoms with Gasteiger partial charge in [-0.25, -0.2) is 9.37 Å². The Bertz CT molecular complexity index is 1020. The number of nitrogens with one attached hydrogen (secondary N) is 1. The highest BCUT2D eigenvalue weighted by Crippen LogP contribution is 2.24. The minimum atomic E-state index is -0.540. The first kappa shape index (κ1) is 20.2. The average Bonchev–Trinajstić information content (AvgIpc) is 3.22. The highest BCUT2D eigenvalue weighted by Gasteiger charge is 2.20. The molecule has 0 saturated heterocycles. The fraction of sp³-hybridized carbons (Fsp3) is 0.200. The number of imidazole rings is 1. The summed E-state index contributed by atoms with van der Waals surface area (Å²) in [6, 6.07) is 10.2. The van der Waals surface area contributed by atoms with Crippen LogP contribution in [0.2, 0.25) is 0 Å². The number of nitro groups is 1. The summed E-state index contributed by atoms with van der Waals surface area (Å²) >= 11 is 0. The zero-order chi connectivity index (χ0) is 21.0. The summed E-state index contributed by atoms with van der Waals surface area (Å²) in [6.45, 7) is 0.215. The van der Waals surface area contributed by atoms with Gasteiger partial charge in [-0.3, -0.25) is 14.9 Å². The Balaban J connectivity index is 1.79. The number of carbonyl (C=O) groups is 1. The van der Waals surface area contributed by atoms with Gasteiger partial charge >= 0.3 is 0 Å². The van der Waals surface area contributed by atoms with Gasteiger partial charge in [0.1, 0.15) is 11.5 Å². The van der Waals surface area contributed by atoms with Crippen LogP contribution in [-0.2, 0) is 0 Å². The molecule has 1 atom stereocenters. The first-order valence-electron chi connectivity index (χ1n) is 8.83. The molecule has 0 spiro atoms. The van der Waals surface area contributed by atoms with Crippen LogP contribution in [0.3, 0.4) is 0 Å². The van der Waals surface area contributed by atoms with Gasteiger partial charge in [0.15, 0.2) is 0 Å². The Labute approximate surface area is 166 Å². The van der Waals surface area contributed by atoms with Crippen molar-refractivity contribution in [1.29, 1.82) is 0 Å². The molecule has 150 valence electrons. The molecule has 1 heterocycles. The lowest BCUT2D eigenvalue weighted by Crippen LogP contribution is -2.34. The second-order valence-electron chi connectivity index (χ2n) is 6.67. The first-order valence-corrected chi connectivity index (χ1v) is 8.83. The Morgan fingerprint density at radius 2 is 2.10 bits per heavy atom. The SMILES string of the molecule is CN(C)C(CNC(=O)c1ccc(-n2ccnc2)c([N+](=O)[O-])c1)c1cccc(F)c1. The van der Waals surface area contributed by atoms with Gasteiger partial charge in [-0.15, -0.1) is 0 Å². The largest absolute Gasteiger partial charge is 0.350 e. The summed E-state index contributed by atoms with van der Waals surface area (Å²) in [4.78, 5) is 29.3. The minimum absolute atomic E-state index is 0.164. The van der Waals surface area contributed by atoms with Gasteiger partial charge in [-0.05, 0) is 43.9 Å². The molecule has 1 unspecified atom stereocenters. The van der Waals surface area contributed by atoms with E-state index in [1.54, 1.807) is 18.3 Å². The van der Waals surface area contributed by atoms with Crippen molar-refractivity contribution in [3.05, 3.63) is 88.2 Å². The van der Waals surface area contributed by atoms with Crippen molar-refractivity contribution in [2.75, 3.05) is 20.6 Å². The lowest BCUT2D eigenvalue weighted by molar-refractivity contribution is -0.384. The maximum atomic E-state index is 13.6. The summed E-state index contributed by atoms with van der Waals surface area (Å²) in [6.07, 6.45) is 4.55. The van der Waals surface area contributed by atoms with Crippen LogP contribution in [0.1, 0.15) is 22.0 Å². The van der Waals surface area contributed by atoms with Gasteiger partial charge < -0.3 is 14.8 Å². The molecule has 0 aliphatic carbocycles. The van der Waals surface area contributed by atoms with Crippen LogP contribution in [0.15, 0.2) is 61.2 Å². The molecular formula is C20H20FN5O3. The van der Waals surface area contributed by atoms with Crippen molar-refractivity contribution in [3.63, 3.8) is 0 Å². The number of nitrogens with zero attached hydrogens (tertiary/aromatic N) is 4. The summed E-state index contributed by atoms with van der Waals surface area (Å²) in [7, 11) is 3.65.